The lowest BCUT2D eigenvalue weighted by Gasteiger charge is -2.17. The van der Waals surface area contributed by atoms with Crippen LogP contribution in [0.3, 0.4) is 0 Å². The van der Waals surface area contributed by atoms with Gasteiger partial charge in [0.2, 0.25) is 0 Å². The van der Waals surface area contributed by atoms with E-state index in [1.54, 1.807) is 12.1 Å². The van der Waals surface area contributed by atoms with Crippen molar-refractivity contribution >= 4 is 28.2 Å². The number of carbonyl (C=O) groups excluding carboxylic acids is 2. The van der Waals surface area contributed by atoms with E-state index in [9.17, 15) is 19.7 Å². The first-order valence-corrected chi connectivity index (χ1v) is 15.1. The van der Waals surface area contributed by atoms with Crippen LogP contribution in [0, 0.1) is 22.0 Å². The number of hydrogen-bond donors (Lipinski definition) is 0. The number of nitro benzene ring substituents is 1. The van der Waals surface area contributed by atoms with Gasteiger partial charge in [-0.15, -0.1) is 0 Å². The first-order valence-electron chi connectivity index (χ1n) is 15.1. The highest BCUT2D eigenvalue weighted by molar-refractivity contribution is 5.89. The lowest BCUT2D eigenvalue weighted by molar-refractivity contribution is -0.384. The summed E-state index contributed by atoms with van der Waals surface area (Å²) in [5.41, 5.74) is 0.595. The maximum atomic E-state index is 13.1. The third-order valence-electron chi connectivity index (χ3n) is 7.65. The molecule has 1 aromatic heterocycles. The third kappa shape index (κ3) is 11.5. The Morgan fingerprint density at radius 1 is 0.842 bits per heavy atom. The van der Waals surface area contributed by atoms with E-state index in [-0.39, 0.29) is 29.1 Å². The van der Waals surface area contributed by atoms with Crippen molar-refractivity contribution in [1.82, 2.24) is 0 Å². The van der Waals surface area contributed by atoms with Gasteiger partial charge < -0.3 is 4.42 Å². The number of nitro groups is 1. The van der Waals surface area contributed by atoms with Gasteiger partial charge in [-0.3, -0.25) is 19.7 Å². The fraction of sp³-hybridized carbons (Fsp3) is 0.688. The molecule has 0 amide bonds. The highest BCUT2D eigenvalue weighted by atomic mass is 16.6. The Morgan fingerprint density at radius 3 is 2.05 bits per heavy atom. The van der Waals surface area contributed by atoms with Gasteiger partial charge in [-0.25, -0.2) is 0 Å². The number of fused-ring (bicyclic) bond motifs is 1. The van der Waals surface area contributed by atoms with Crippen LogP contribution >= 0.6 is 0 Å². The van der Waals surface area contributed by atoms with Gasteiger partial charge in [-0.2, -0.15) is 0 Å². The van der Waals surface area contributed by atoms with Crippen molar-refractivity contribution in [3.63, 3.8) is 0 Å². The van der Waals surface area contributed by atoms with Crippen molar-refractivity contribution < 1.29 is 18.9 Å². The molecule has 0 aliphatic rings. The van der Waals surface area contributed by atoms with Gasteiger partial charge >= 0.3 is 0 Å². The second-order valence-corrected chi connectivity index (χ2v) is 11.1. The van der Waals surface area contributed by atoms with Crippen LogP contribution in [0.4, 0.5) is 5.69 Å². The third-order valence-corrected chi connectivity index (χ3v) is 7.65. The van der Waals surface area contributed by atoms with Crippen LogP contribution in [0.5, 0.6) is 0 Å². The van der Waals surface area contributed by atoms with Crippen LogP contribution in [0.15, 0.2) is 28.7 Å². The molecule has 2 unspecified atom stereocenters. The summed E-state index contributed by atoms with van der Waals surface area (Å²) in [6.45, 7) is 6.24. The summed E-state index contributed by atoms with van der Waals surface area (Å²) in [7, 11) is 0. The van der Waals surface area contributed by atoms with E-state index in [4.69, 9.17) is 4.42 Å². The SMILES string of the molecule is CCCCCCCCCCCCCC(=O)C(CCCC)CC(=O)C(C)Cc1cc2cc([N+](=O)[O-])ccc2o1. The summed E-state index contributed by atoms with van der Waals surface area (Å²) < 4.78 is 5.82. The molecule has 2 rings (SSSR count). The van der Waals surface area contributed by atoms with E-state index < -0.39 is 4.92 Å². The zero-order valence-corrected chi connectivity index (χ0v) is 24.0. The molecule has 0 aliphatic heterocycles. The van der Waals surface area contributed by atoms with E-state index >= 15 is 0 Å². The first kappa shape index (κ1) is 31.7. The fourth-order valence-corrected chi connectivity index (χ4v) is 5.15. The van der Waals surface area contributed by atoms with Gasteiger partial charge in [-0.1, -0.05) is 97.8 Å². The molecule has 38 heavy (non-hydrogen) atoms. The van der Waals surface area contributed by atoms with Gasteiger partial charge in [0.05, 0.1) is 4.92 Å². The molecular formula is C32H49NO5. The number of ketones is 2. The summed E-state index contributed by atoms with van der Waals surface area (Å²) >= 11 is 0. The Balaban J connectivity index is 1.76. The molecule has 0 saturated carbocycles. The second-order valence-electron chi connectivity index (χ2n) is 11.1. The molecule has 2 aromatic rings. The van der Waals surface area contributed by atoms with E-state index in [1.807, 2.05) is 6.92 Å². The summed E-state index contributed by atoms with van der Waals surface area (Å²) in [4.78, 5) is 36.7. The molecule has 0 aliphatic carbocycles. The molecule has 6 heteroatoms. The Hall–Kier alpha value is -2.50. The molecule has 1 heterocycles. The van der Waals surface area contributed by atoms with Crippen molar-refractivity contribution in [2.75, 3.05) is 0 Å². The van der Waals surface area contributed by atoms with E-state index in [2.05, 4.69) is 13.8 Å². The maximum absolute atomic E-state index is 13.1. The molecule has 0 saturated heterocycles. The van der Waals surface area contributed by atoms with E-state index in [1.165, 1.54) is 69.9 Å². The minimum absolute atomic E-state index is 0.0176. The van der Waals surface area contributed by atoms with Crippen molar-refractivity contribution in [2.24, 2.45) is 11.8 Å². The van der Waals surface area contributed by atoms with Gasteiger partial charge in [0.25, 0.3) is 5.69 Å². The average molecular weight is 528 g/mol. The lowest BCUT2D eigenvalue weighted by Crippen LogP contribution is -2.23. The number of unbranched alkanes of at least 4 members (excludes halogenated alkanes) is 11. The quantitative estimate of drug-likeness (QED) is 0.0863. The molecule has 0 N–H and O–H groups in total. The number of Topliss-reactive ketones (excluding diaryl/α,β-unsaturated/α-hetero) is 2. The predicted octanol–water partition coefficient (Wildman–Crippen LogP) is 9.56. The summed E-state index contributed by atoms with van der Waals surface area (Å²) in [6, 6.07) is 6.28. The summed E-state index contributed by atoms with van der Waals surface area (Å²) in [5.74, 6) is 0.505. The smallest absolute Gasteiger partial charge is 0.270 e. The molecule has 212 valence electrons. The number of furan rings is 1. The summed E-state index contributed by atoms with van der Waals surface area (Å²) in [5, 5.41) is 11.7. The highest BCUT2D eigenvalue weighted by Crippen LogP contribution is 2.27. The van der Waals surface area contributed by atoms with E-state index in [0.717, 1.165) is 32.1 Å². The first-order chi connectivity index (χ1) is 18.3. The topological polar surface area (TPSA) is 90.4 Å². The molecule has 6 nitrogen and oxygen atoms in total. The monoisotopic (exact) mass is 527 g/mol. The van der Waals surface area contributed by atoms with Crippen LogP contribution in [-0.2, 0) is 16.0 Å². The van der Waals surface area contributed by atoms with Crippen molar-refractivity contribution in [1.29, 1.82) is 0 Å². The average Bonchev–Trinajstić information content (AvgIpc) is 3.30. The van der Waals surface area contributed by atoms with Crippen LogP contribution in [0.25, 0.3) is 11.0 Å². The Bertz CT molecular complexity index is 995. The van der Waals surface area contributed by atoms with Gasteiger partial charge in [0, 0.05) is 48.6 Å². The van der Waals surface area contributed by atoms with Crippen molar-refractivity contribution in [2.45, 2.75) is 130 Å². The van der Waals surface area contributed by atoms with Crippen LogP contribution in [0.1, 0.15) is 129 Å². The molecule has 1 aromatic carbocycles. The largest absolute Gasteiger partial charge is 0.461 e. The minimum atomic E-state index is -0.428. The van der Waals surface area contributed by atoms with Gasteiger partial charge in [-0.05, 0) is 25.0 Å². The molecule has 0 spiro atoms. The zero-order valence-electron chi connectivity index (χ0n) is 24.0. The standard InChI is InChI=1S/C32H49NO5/c1-4-6-8-9-10-11-12-13-14-15-16-18-30(34)26(17-7-5-2)24-31(35)25(3)21-29-23-27-22-28(33(36)37)19-20-32(27)38-29/h19-20,22-23,25-26H,4-18,21,24H2,1-3H3. The maximum Gasteiger partial charge on any atom is 0.270 e. The van der Waals surface area contributed by atoms with Crippen LogP contribution in [-0.4, -0.2) is 16.5 Å². The summed E-state index contributed by atoms with van der Waals surface area (Å²) in [6.07, 6.45) is 17.9. The number of nitrogens with zero attached hydrogens (tertiary/aromatic N) is 1. The normalized spacial score (nSPS) is 13.0. The second kappa shape index (κ2) is 17.9. The van der Waals surface area contributed by atoms with Crippen molar-refractivity contribution in [3.05, 3.63) is 40.1 Å². The number of non-ortho nitro benzene ring substituents is 1. The molecular weight excluding hydrogens is 478 g/mol. The molecule has 2 atom stereocenters. The molecule has 0 fully saturated rings. The number of carbonyl (C=O) groups is 2. The van der Waals surface area contributed by atoms with Gasteiger partial charge in [0.1, 0.15) is 22.9 Å². The number of rotatable bonds is 22. The lowest BCUT2D eigenvalue weighted by atomic mass is 9.85. The zero-order chi connectivity index (χ0) is 27.8. The molecule has 0 bridgehead atoms. The Labute approximate surface area is 229 Å². The van der Waals surface area contributed by atoms with Crippen molar-refractivity contribution in [3.8, 4) is 0 Å². The highest BCUT2D eigenvalue weighted by Gasteiger charge is 2.25. The van der Waals surface area contributed by atoms with Crippen LogP contribution < -0.4 is 0 Å². The van der Waals surface area contributed by atoms with E-state index in [0.29, 0.717) is 36.0 Å². The minimum Gasteiger partial charge on any atom is -0.461 e. The van der Waals surface area contributed by atoms with Gasteiger partial charge in [0.15, 0.2) is 0 Å². The Kier molecular flexibility index (Phi) is 14.9. The van der Waals surface area contributed by atoms with Crippen LogP contribution in [0.2, 0.25) is 0 Å². The fourth-order valence-electron chi connectivity index (χ4n) is 5.15. The molecule has 0 radical (unpaired) electrons. The Morgan fingerprint density at radius 2 is 1.45 bits per heavy atom. The number of benzene rings is 1. The predicted molar refractivity (Wildman–Crippen MR) is 154 cm³/mol. The number of hydrogen-bond acceptors (Lipinski definition) is 5.